The summed E-state index contributed by atoms with van der Waals surface area (Å²) in [5.74, 6) is -0.162. The zero-order valence-corrected chi connectivity index (χ0v) is 12.9. The Balaban J connectivity index is 2.08. The Bertz CT molecular complexity index is 806. The molecule has 0 spiro atoms. The van der Waals surface area contributed by atoms with Crippen LogP contribution in [0.25, 0.3) is 11.0 Å². The lowest BCUT2D eigenvalue weighted by Gasteiger charge is -2.15. The highest BCUT2D eigenvalue weighted by molar-refractivity contribution is 14.1. The monoisotopic (exact) mass is 410 g/mol. The van der Waals surface area contributed by atoms with E-state index in [2.05, 4.69) is 37.5 Å². The van der Waals surface area contributed by atoms with Gasteiger partial charge in [-0.25, -0.2) is 9.97 Å². The number of nitrogens with zero attached hydrogens (tertiary/aromatic N) is 3. The molecule has 0 aromatic carbocycles. The van der Waals surface area contributed by atoms with Crippen molar-refractivity contribution in [2.45, 2.75) is 11.7 Å². The number of rotatable bonds is 2. The first kappa shape index (κ1) is 13.7. The van der Waals surface area contributed by atoms with Gasteiger partial charge < -0.3 is 4.98 Å². The van der Waals surface area contributed by atoms with Crippen LogP contribution in [0.15, 0.2) is 12.5 Å². The first-order chi connectivity index (χ1) is 9.38. The molecule has 3 rings (SSSR count). The average Bonchev–Trinajstić information content (AvgIpc) is 2.93. The Kier molecular flexibility index (Phi) is 3.16. The fraction of sp³-hybridized carbons (Fsp3) is 0.300. The molecule has 1 saturated heterocycles. The molecule has 0 radical (unpaired) electrons. The lowest BCUT2D eigenvalue weighted by molar-refractivity contribution is -0.117. The second-order valence-corrected chi connectivity index (χ2v) is 7.14. The van der Waals surface area contributed by atoms with E-state index < -0.39 is 21.4 Å². The van der Waals surface area contributed by atoms with Crippen molar-refractivity contribution in [3.8, 4) is 0 Å². The Morgan fingerprint density at radius 3 is 2.85 bits per heavy atom. The maximum atomic E-state index is 13.0. The number of fused-ring (bicyclic) bond motifs is 1. The van der Waals surface area contributed by atoms with E-state index in [-0.39, 0.29) is 13.0 Å². The molecule has 1 aliphatic rings. The van der Waals surface area contributed by atoms with Crippen molar-refractivity contribution in [2.24, 2.45) is 0 Å². The predicted molar refractivity (Wildman–Crippen MR) is 77.4 cm³/mol. The molecular weight excluding hydrogens is 402 g/mol. The van der Waals surface area contributed by atoms with Crippen molar-refractivity contribution >= 4 is 55.6 Å². The molecule has 1 unspecified atom stereocenters. The maximum Gasteiger partial charge on any atom is 0.307 e. The fourth-order valence-corrected chi connectivity index (χ4v) is 3.50. The van der Waals surface area contributed by atoms with E-state index in [9.17, 15) is 17.1 Å². The van der Waals surface area contributed by atoms with Crippen LogP contribution < -0.4 is 4.90 Å². The predicted octanol–water partition coefficient (Wildman–Crippen LogP) is 0.967. The number of aromatic nitrogens is 3. The van der Waals surface area contributed by atoms with Crippen molar-refractivity contribution in [3.63, 3.8) is 0 Å². The highest BCUT2D eigenvalue weighted by atomic mass is 127. The van der Waals surface area contributed by atoms with E-state index in [1.165, 1.54) is 11.2 Å². The quantitative estimate of drug-likeness (QED) is 0.588. The topological polar surface area (TPSA) is 96.0 Å². The molecule has 7 nitrogen and oxygen atoms in total. The van der Waals surface area contributed by atoms with Gasteiger partial charge in [0, 0.05) is 22.7 Å². The van der Waals surface area contributed by atoms with Crippen molar-refractivity contribution in [1.82, 2.24) is 15.0 Å². The van der Waals surface area contributed by atoms with Gasteiger partial charge in [0.1, 0.15) is 23.0 Å². The van der Waals surface area contributed by atoms with E-state index in [0.717, 1.165) is 3.57 Å². The standard InChI is InChI=1S/C10H8FIN4O3S/c11-20(18,19)5-1-7(17)16(3-5)10-8-6(12)2-13-9(8)14-4-15-10/h2,4-5H,1,3H2,(H,13,14,15). The number of hydrogen-bond donors (Lipinski definition) is 1. The van der Waals surface area contributed by atoms with Crippen molar-refractivity contribution < 1.29 is 17.1 Å². The third-order valence-corrected chi connectivity index (χ3v) is 5.11. The molecule has 2 aromatic heterocycles. The highest BCUT2D eigenvalue weighted by Crippen LogP contribution is 2.31. The van der Waals surface area contributed by atoms with Crippen LogP contribution in [0.2, 0.25) is 0 Å². The Hall–Kier alpha value is -1.30. The molecule has 1 N–H and O–H groups in total. The summed E-state index contributed by atoms with van der Waals surface area (Å²) in [6, 6.07) is 0. The Morgan fingerprint density at radius 1 is 1.45 bits per heavy atom. The minimum atomic E-state index is -4.74. The van der Waals surface area contributed by atoms with Crippen LogP contribution in [-0.4, -0.2) is 41.1 Å². The molecule has 1 amide bonds. The zero-order chi connectivity index (χ0) is 14.5. The second-order valence-electron chi connectivity index (χ2n) is 4.36. The summed E-state index contributed by atoms with van der Waals surface area (Å²) in [5.41, 5.74) is 0.541. The van der Waals surface area contributed by atoms with Crippen molar-refractivity contribution in [2.75, 3.05) is 11.4 Å². The number of H-pyrrole nitrogens is 1. The molecule has 1 atom stereocenters. The van der Waals surface area contributed by atoms with E-state index in [1.54, 1.807) is 6.20 Å². The van der Waals surface area contributed by atoms with Gasteiger partial charge in [0.2, 0.25) is 5.91 Å². The Morgan fingerprint density at radius 2 is 2.20 bits per heavy atom. The summed E-state index contributed by atoms with van der Waals surface area (Å²) in [6.07, 6.45) is 2.60. The van der Waals surface area contributed by atoms with Gasteiger partial charge in [0.15, 0.2) is 0 Å². The van der Waals surface area contributed by atoms with E-state index in [4.69, 9.17) is 0 Å². The van der Waals surface area contributed by atoms with Crippen LogP contribution in [0.5, 0.6) is 0 Å². The smallest absolute Gasteiger partial charge is 0.307 e. The molecule has 20 heavy (non-hydrogen) atoms. The number of carbonyl (C=O) groups is 1. The van der Waals surface area contributed by atoms with Gasteiger partial charge in [-0.05, 0) is 22.6 Å². The van der Waals surface area contributed by atoms with E-state index in [1.807, 2.05) is 0 Å². The number of nitrogens with one attached hydrogen (secondary N) is 1. The number of halogens is 2. The number of hydrogen-bond acceptors (Lipinski definition) is 5. The van der Waals surface area contributed by atoms with Crippen molar-refractivity contribution in [3.05, 3.63) is 16.1 Å². The van der Waals surface area contributed by atoms with Crippen LogP contribution in [0.1, 0.15) is 6.42 Å². The minimum Gasteiger partial charge on any atom is -0.345 e. The van der Waals surface area contributed by atoms with Gasteiger partial charge in [0.05, 0.1) is 5.39 Å². The summed E-state index contributed by atoms with van der Waals surface area (Å²) in [7, 11) is -4.74. The summed E-state index contributed by atoms with van der Waals surface area (Å²) < 4.78 is 35.7. The Labute approximate surface area is 126 Å². The van der Waals surface area contributed by atoms with Gasteiger partial charge in [-0.3, -0.25) is 9.69 Å². The third-order valence-electron chi connectivity index (χ3n) is 3.15. The summed E-state index contributed by atoms with van der Waals surface area (Å²) in [6.45, 7) is -0.231. The molecule has 1 fully saturated rings. The normalized spacial score (nSPS) is 20.0. The number of anilines is 1. The van der Waals surface area contributed by atoms with Crippen LogP contribution in [0.4, 0.5) is 9.70 Å². The van der Waals surface area contributed by atoms with Gasteiger partial charge in [-0.15, -0.1) is 3.89 Å². The SMILES string of the molecule is O=C1CC(S(=O)(=O)F)CN1c1ncnc2[nH]cc(I)c12. The van der Waals surface area contributed by atoms with Crippen LogP contribution in [0.3, 0.4) is 0 Å². The lowest BCUT2D eigenvalue weighted by Crippen LogP contribution is -2.28. The molecule has 2 aromatic rings. The van der Waals surface area contributed by atoms with Crippen LogP contribution in [-0.2, 0) is 15.0 Å². The minimum absolute atomic E-state index is 0.231. The summed E-state index contributed by atoms with van der Waals surface area (Å²) >= 11 is 2.05. The largest absolute Gasteiger partial charge is 0.345 e. The zero-order valence-electron chi connectivity index (χ0n) is 9.88. The van der Waals surface area contributed by atoms with Gasteiger partial charge in [0.25, 0.3) is 0 Å². The van der Waals surface area contributed by atoms with E-state index >= 15 is 0 Å². The van der Waals surface area contributed by atoms with Crippen LogP contribution >= 0.6 is 22.6 Å². The maximum absolute atomic E-state index is 13.0. The average molecular weight is 410 g/mol. The first-order valence-electron chi connectivity index (χ1n) is 5.59. The third kappa shape index (κ3) is 2.16. The molecular formula is C10H8FIN4O3S. The molecule has 0 saturated carbocycles. The summed E-state index contributed by atoms with van der Waals surface area (Å²) in [4.78, 5) is 24.1. The van der Waals surface area contributed by atoms with Crippen molar-refractivity contribution in [1.29, 1.82) is 0 Å². The van der Waals surface area contributed by atoms with Crippen LogP contribution in [0, 0.1) is 3.57 Å². The van der Waals surface area contributed by atoms with Gasteiger partial charge in [-0.2, -0.15) is 8.42 Å². The van der Waals surface area contributed by atoms with Gasteiger partial charge >= 0.3 is 10.2 Å². The first-order valence-corrected chi connectivity index (χ1v) is 8.12. The lowest BCUT2D eigenvalue weighted by atomic mass is 10.3. The molecule has 10 heteroatoms. The number of aromatic amines is 1. The summed E-state index contributed by atoms with van der Waals surface area (Å²) in [5, 5.41) is -0.713. The fourth-order valence-electron chi connectivity index (χ4n) is 2.18. The molecule has 0 aliphatic carbocycles. The second kappa shape index (κ2) is 4.62. The van der Waals surface area contributed by atoms with Gasteiger partial charge in [-0.1, -0.05) is 0 Å². The molecule has 106 valence electrons. The number of carbonyl (C=O) groups excluding carboxylic acids is 1. The van der Waals surface area contributed by atoms with E-state index in [0.29, 0.717) is 16.9 Å². The highest BCUT2D eigenvalue weighted by Gasteiger charge is 2.40. The number of amides is 1. The molecule has 3 heterocycles. The molecule has 1 aliphatic heterocycles. The molecule has 0 bridgehead atoms.